The standard InChI is InChI=1S/C18H21N3O2/c1-3-21(12-13-22)18-10-8-17(9-11-18)20-19-16-6-4-15(5-7-16)14(2)23/h4-11,22H,3,12-13H2,1-2H3. The highest BCUT2D eigenvalue weighted by Gasteiger charge is 2.03. The number of nitrogens with zero attached hydrogens (tertiary/aromatic N) is 3. The van der Waals surface area contributed by atoms with Crippen molar-refractivity contribution in [2.24, 2.45) is 10.2 Å². The lowest BCUT2D eigenvalue weighted by Crippen LogP contribution is -2.25. The van der Waals surface area contributed by atoms with E-state index in [4.69, 9.17) is 5.11 Å². The summed E-state index contributed by atoms with van der Waals surface area (Å²) in [6.45, 7) is 5.16. The topological polar surface area (TPSA) is 65.3 Å². The van der Waals surface area contributed by atoms with Gasteiger partial charge in [0.1, 0.15) is 0 Å². The molecule has 5 heteroatoms. The fourth-order valence-corrected chi connectivity index (χ4v) is 2.20. The molecule has 5 nitrogen and oxygen atoms in total. The molecular formula is C18H21N3O2. The lowest BCUT2D eigenvalue weighted by atomic mass is 10.1. The van der Waals surface area contributed by atoms with Crippen molar-refractivity contribution in [3.63, 3.8) is 0 Å². The summed E-state index contributed by atoms with van der Waals surface area (Å²) in [5.74, 6) is 0.0347. The Kier molecular flexibility index (Phi) is 6.00. The predicted molar refractivity (Wildman–Crippen MR) is 92.0 cm³/mol. The van der Waals surface area contributed by atoms with E-state index in [1.54, 1.807) is 24.3 Å². The summed E-state index contributed by atoms with van der Waals surface area (Å²) < 4.78 is 0. The average Bonchev–Trinajstić information content (AvgIpc) is 2.59. The van der Waals surface area contributed by atoms with Gasteiger partial charge >= 0.3 is 0 Å². The molecule has 0 aliphatic rings. The molecule has 0 radical (unpaired) electrons. The van der Waals surface area contributed by atoms with Gasteiger partial charge in [-0.15, -0.1) is 0 Å². The summed E-state index contributed by atoms with van der Waals surface area (Å²) in [6, 6.07) is 14.7. The second-order valence-corrected chi connectivity index (χ2v) is 5.12. The number of aliphatic hydroxyl groups is 1. The Bertz CT molecular complexity index is 664. The number of aliphatic hydroxyl groups excluding tert-OH is 1. The average molecular weight is 311 g/mol. The lowest BCUT2D eigenvalue weighted by molar-refractivity contribution is 0.101. The molecular weight excluding hydrogens is 290 g/mol. The third kappa shape index (κ3) is 4.72. The van der Waals surface area contributed by atoms with Crippen molar-refractivity contribution in [1.82, 2.24) is 0 Å². The van der Waals surface area contributed by atoms with E-state index in [1.807, 2.05) is 31.2 Å². The van der Waals surface area contributed by atoms with Crippen LogP contribution in [0.15, 0.2) is 58.8 Å². The highest BCUT2D eigenvalue weighted by atomic mass is 16.3. The SMILES string of the molecule is CCN(CCO)c1ccc(N=Nc2ccc(C(C)=O)cc2)cc1. The summed E-state index contributed by atoms with van der Waals surface area (Å²) >= 11 is 0. The molecule has 120 valence electrons. The van der Waals surface area contributed by atoms with Gasteiger partial charge in [0.2, 0.25) is 0 Å². The molecule has 0 saturated heterocycles. The van der Waals surface area contributed by atoms with Crippen molar-refractivity contribution in [3.05, 3.63) is 54.1 Å². The molecule has 1 N–H and O–H groups in total. The molecule has 0 fully saturated rings. The molecule has 0 spiro atoms. The van der Waals surface area contributed by atoms with Crippen molar-refractivity contribution >= 4 is 22.8 Å². The summed E-state index contributed by atoms with van der Waals surface area (Å²) in [6.07, 6.45) is 0. The van der Waals surface area contributed by atoms with Gasteiger partial charge in [-0.2, -0.15) is 10.2 Å². The predicted octanol–water partition coefficient (Wildman–Crippen LogP) is 4.12. The first-order chi connectivity index (χ1) is 11.1. The Balaban J connectivity index is 2.06. The van der Waals surface area contributed by atoms with Crippen LogP contribution < -0.4 is 4.90 Å². The number of azo groups is 1. The smallest absolute Gasteiger partial charge is 0.159 e. The normalized spacial score (nSPS) is 10.9. The minimum Gasteiger partial charge on any atom is -0.395 e. The van der Waals surface area contributed by atoms with Crippen molar-refractivity contribution in [1.29, 1.82) is 0 Å². The number of ketones is 1. The number of hydrogen-bond acceptors (Lipinski definition) is 5. The van der Waals surface area contributed by atoms with Crippen molar-refractivity contribution in [3.8, 4) is 0 Å². The van der Waals surface area contributed by atoms with E-state index in [0.717, 1.165) is 17.9 Å². The van der Waals surface area contributed by atoms with Gasteiger partial charge in [0.05, 0.1) is 18.0 Å². The van der Waals surface area contributed by atoms with Gasteiger partial charge in [0.15, 0.2) is 5.78 Å². The molecule has 0 aromatic heterocycles. The molecule has 0 heterocycles. The van der Waals surface area contributed by atoms with Crippen LogP contribution in [-0.4, -0.2) is 30.6 Å². The Morgan fingerprint density at radius 3 is 1.96 bits per heavy atom. The highest BCUT2D eigenvalue weighted by molar-refractivity contribution is 5.94. The van der Waals surface area contributed by atoms with E-state index in [0.29, 0.717) is 17.8 Å². The van der Waals surface area contributed by atoms with Crippen LogP contribution >= 0.6 is 0 Å². The van der Waals surface area contributed by atoms with Crippen LogP contribution in [-0.2, 0) is 0 Å². The lowest BCUT2D eigenvalue weighted by Gasteiger charge is -2.21. The van der Waals surface area contributed by atoms with Crippen molar-refractivity contribution in [2.45, 2.75) is 13.8 Å². The maximum Gasteiger partial charge on any atom is 0.159 e. The van der Waals surface area contributed by atoms with Crippen LogP contribution in [0, 0.1) is 0 Å². The van der Waals surface area contributed by atoms with Crippen LogP contribution in [0.2, 0.25) is 0 Å². The number of likely N-dealkylation sites (N-methyl/N-ethyl adjacent to an activating group) is 1. The van der Waals surface area contributed by atoms with E-state index in [-0.39, 0.29) is 12.4 Å². The number of carbonyl (C=O) groups excluding carboxylic acids is 1. The number of benzene rings is 2. The summed E-state index contributed by atoms with van der Waals surface area (Å²) in [4.78, 5) is 13.3. The van der Waals surface area contributed by atoms with Gasteiger partial charge in [-0.05, 0) is 62.4 Å². The van der Waals surface area contributed by atoms with Gasteiger partial charge in [-0.25, -0.2) is 0 Å². The van der Waals surface area contributed by atoms with Crippen LogP contribution in [0.1, 0.15) is 24.2 Å². The zero-order valence-corrected chi connectivity index (χ0v) is 13.4. The number of rotatable bonds is 7. The van der Waals surface area contributed by atoms with Crippen molar-refractivity contribution < 1.29 is 9.90 Å². The van der Waals surface area contributed by atoms with Crippen LogP contribution in [0.3, 0.4) is 0 Å². The first-order valence-electron chi connectivity index (χ1n) is 7.62. The first kappa shape index (κ1) is 16.8. The second kappa shape index (κ2) is 8.19. The maximum atomic E-state index is 11.2. The van der Waals surface area contributed by atoms with E-state index < -0.39 is 0 Å². The molecule has 2 rings (SSSR count). The summed E-state index contributed by atoms with van der Waals surface area (Å²) in [7, 11) is 0. The van der Waals surface area contributed by atoms with Crippen LogP contribution in [0.25, 0.3) is 0 Å². The molecule has 0 unspecified atom stereocenters. The van der Waals surface area contributed by atoms with E-state index in [9.17, 15) is 4.79 Å². The Morgan fingerprint density at radius 2 is 1.52 bits per heavy atom. The quantitative estimate of drug-likeness (QED) is 0.618. The van der Waals surface area contributed by atoms with Crippen LogP contribution in [0.5, 0.6) is 0 Å². The largest absolute Gasteiger partial charge is 0.395 e. The minimum absolute atomic E-state index is 0.0347. The number of Topliss-reactive ketones (excluding diaryl/α,β-unsaturated/α-hetero) is 1. The Morgan fingerprint density at radius 1 is 1.00 bits per heavy atom. The molecule has 2 aromatic carbocycles. The fourth-order valence-electron chi connectivity index (χ4n) is 2.20. The Labute approximate surface area is 136 Å². The molecule has 0 aliphatic heterocycles. The second-order valence-electron chi connectivity index (χ2n) is 5.12. The molecule has 0 saturated carbocycles. The molecule has 2 aromatic rings. The third-order valence-corrected chi connectivity index (χ3v) is 3.52. The monoisotopic (exact) mass is 311 g/mol. The molecule has 23 heavy (non-hydrogen) atoms. The minimum atomic E-state index is 0.0347. The van der Waals surface area contributed by atoms with Crippen molar-refractivity contribution in [2.75, 3.05) is 24.6 Å². The van der Waals surface area contributed by atoms with Gasteiger partial charge in [-0.3, -0.25) is 4.79 Å². The number of hydrogen-bond donors (Lipinski definition) is 1. The zero-order valence-electron chi connectivity index (χ0n) is 13.4. The molecule has 0 atom stereocenters. The first-order valence-corrected chi connectivity index (χ1v) is 7.62. The fraction of sp³-hybridized carbons (Fsp3) is 0.278. The van der Waals surface area contributed by atoms with E-state index >= 15 is 0 Å². The summed E-state index contributed by atoms with van der Waals surface area (Å²) in [5.41, 5.74) is 3.17. The van der Waals surface area contributed by atoms with Gasteiger partial charge in [0.25, 0.3) is 0 Å². The van der Waals surface area contributed by atoms with Gasteiger partial charge in [-0.1, -0.05) is 0 Å². The molecule has 0 aliphatic carbocycles. The zero-order chi connectivity index (χ0) is 16.7. The van der Waals surface area contributed by atoms with E-state index in [2.05, 4.69) is 15.1 Å². The van der Waals surface area contributed by atoms with Gasteiger partial charge < -0.3 is 10.0 Å². The van der Waals surface area contributed by atoms with E-state index in [1.165, 1.54) is 6.92 Å². The molecule has 0 bridgehead atoms. The summed E-state index contributed by atoms with van der Waals surface area (Å²) in [5, 5.41) is 17.4. The number of anilines is 1. The maximum absolute atomic E-state index is 11.2. The molecule has 0 amide bonds. The Hall–Kier alpha value is -2.53. The third-order valence-electron chi connectivity index (χ3n) is 3.52. The highest BCUT2D eigenvalue weighted by Crippen LogP contribution is 2.22. The van der Waals surface area contributed by atoms with Gasteiger partial charge in [0, 0.05) is 24.3 Å². The van der Waals surface area contributed by atoms with Crippen LogP contribution in [0.4, 0.5) is 17.1 Å². The number of carbonyl (C=O) groups is 1.